The van der Waals surface area contributed by atoms with E-state index in [0.29, 0.717) is 23.7 Å². The lowest BCUT2D eigenvalue weighted by molar-refractivity contribution is -0.117. The number of hydrogen-bond acceptors (Lipinski definition) is 4. The van der Waals surface area contributed by atoms with Crippen molar-refractivity contribution < 1.29 is 4.79 Å². The van der Waals surface area contributed by atoms with Gasteiger partial charge in [0, 0.05) is 29.2 Å². The lowest BCUT2D eigenvalue weighted by atomic mass is 9.71. The molecule has 5 heteroatoms. The van der Waals surface area contributed by atoms with Crippen LogP contribution in [0.5, 0.6) is 0 Å². The molecule has 1 atom stereocenters. The highest BCUT2D eigenvalue weighted by atomic mass is 32.2. The number of thioether (sulfide) groups is 1. The monoisotopic (exact) mass is 469 g/mol. The number of amides is 1. The van der Waals surface area contributed by atoms with Crippen molar-refractivity contribution in [2.24, 2.45) is 11.3 Å². The van der Waals surface area contributed by atoms with Crippen LogP contribution in [0.15, 0.2) is 71.8 Å². The third-order valence-electron chi connectivity index (χ3n) is 6.53. The molecule has 0 radical (unpaired) electrons. The number of aryl methyl sites for hydroxylation is 1. The largest absolute Gasteiger partial charge is 0.281 e. The number of nitriles is 1. The second-order valence-corrected chi connectivity index (χ2v) is 10.9. The number of fused-ring (bicyclic) bond motifs is 1. The highest BCUT2D eigenvalue weighted by Gasteiger charge is 2.30. The third kappa shape index (κ3) is 5.51. The topological polar surface area (TPSA) is 57.0 Å². The highest BCUT2D eigenvalue weighted by molar-refractivity contribution is 7.99. The van der Waals surface area contributed by atoms with Crippen molar-refractivity contribution in [2.75, 3.05) is 10.7 Å². The lowest BCUT2D eigenvalue weighted by Crippen LogP contribution is -2.27. The van der Waals surface area contributed by atoms with Gasteiger partial charge in [-0.05, 0) is 66.5 Å². The Morgan fingerprint density at radius 2 is 1.71 bits per heavy atom. The van der Waals surface area contributed by atoms with E-state index in [1.807, 2.05) is 66.7 Å². The van der Waals surface area contributed by atoms with Gasteiger partial charge in [-0.1, -0.05) is 57.2 Å². The number of nitrogens with zero attached hydrogens (tertiary/aromatic N) is 3. The fourth-order valence-electron chi connectivity index (χ4n) is 4.51. The van der Waals surface area contributed by atoms with Gasteiger partial charge in [0.1, 0.15) is 11.1 Å². The van der Waals surface area contributed by atoms with Crippen LogP contribution >= 0.6 is 11.8 Å². The van der Waals surface area contributed by atoms with Crippen molar-refractivity contribution >= 4 is 29.0 Å². The molecule has 0 spiro atoms. The lowest BCUT2D eigenvalue weighted by Gasteiger charge is -2.34. The minimum absolute atomic E-state index is 0.0226. The van der Waals surface area contributed by atoms with Crippen LogP contribution in [0.1, 0.15) is 50.4 Å². The molecule has 34 heavy (non-hydrogen) atoms. The second-order valence-electron chi connectivity index (χ2n) is 9.86. The molecular weight excluding hydrogens is 438 g/mol. The van der Waals surface area contributed by atoms with E-state index in [9.17, 15) is 10.1 Å². The van der Waals surface area contributed by atoms with Gasteiger partial charge in [0.2, 0.25) is 5.91 Å². The van der Waals surface area contributed by atoms with E-state index >= 15 is 0 Å². The Kier molecular flexibility index (Phi) is 7.38. The number of para-hydroxylation sites is 2. The molecule has 4 nitrogen and oxygen atoms in total. The number of benzene rings is 2. The molecule has 0 bridgehead atoms. The molecule has 4 rings (SSSR count). The van der Waals surface area contributed by atoms with Gasteiger partial charge in [-0.3, -0.25) is 9.69 Å². The number of carbonyl (C=O) groups excluding carboxylic acids is 1. The number of aromatic nitrogens is 1. The molecule has 0 fully saturated rings. The fraction of sp³-hybridized carbons (Fsp3) is 0.345. The molecule has 1 heterocycles. The Hall–Kier alpha value is -3.10. The maximum absolute atomic E-state index is 13.3. The first-order valence-corrected chi connectivity index (χ1v) is 12.8. The first-order chi connectivity index (χ1) is 16.4. The summed E-state index contributed by atoms with van der Waals surface area (Å²) in [6.45, 7) is 6.87. The zero-order chi connectivity index (χ0) is 24.1. The van der Waals surface area contributed by atoms with Crippen molar-refractivity contribution in [1.82, 2.24) is 4.98 Å². The minimum atomic E-state index is 0.0226. The number of anilines is 2. The molecule has 2 aromatic carbocycles. The average molecular weight is 470 g/mol. The zero-order valence-corrected chi connectivity index (χ0v) is 20.9. The van der Waals surface area contributed by atoms with Crippen LogP contribution in [0.4, 0.5) is 11.4 Å². The van der Waals surface area contributed by atoms with Crippen molar-refractivity contribution in [3.8, 4) is 6.07 Å². The van der Waals surface area contributed by atoms with E-state index in [1.165, 1.54) is 17.3 Å². The first-order valence-electron chi connectivity index (χ1n) is 11.9. The van der Waals surface area contributed by atoms with Crippen molar-refractivity contribution in [3.05, 3.63) is 83.6 Å². The van der Waals surface area contributed by atoms with Crippen molar-refractivity contribution in [2.45, 2.75) is 51.5 Å². The van der Waals surface area contributed by atoms with E-state index in [0.717, 1.165) is 41.4 Å². The Bertz CT molecular complexity index is 1140. The van der Waals surface area contributed by atoms with Gasteiger partial charge >= 0.3 is 0 Å². The zero-order valence-electron chi connectivity index (χ0n) is 20.1. The van der Waals surface area contributed by atoms with Gasteiger partial charge in [-0.15, -0.1) is 11.8 Å². The summed E-state index contributed by atoms with van der Waals surface area (Å²) in [7, 11) is 0. The Balaban J connectivity index is 1.47. The molecule has 0 saturated heterocycles. The molecular formula is C29H31N3OS. The molecule has 0 aliphatic heterocycles. The molecule has 1 amide bonds. The molecule has 1 aliphatic carbocycles. The van der Waals surface area contributed by atoms with Gasteiger partial charge < -0.3 is 0 Å². The smallest absolute Gasteiger partial charge is 0.232 e. The standard InChI is InChI=1S/C29H31N3OS/c1-29(2,3)23-14-15-26-21(19-23)18-22(20-30)28(31-26)34-17-16-27(33)32(24-10-6-4-7-11-24)25-12-8-5-9-13-25/h4-13,18,23H,14-17,19H2,1-3H3. The molecule has 0 saturated carbocycles. The summed E-state index contributed by atoms with van der Waals surface area (Å²) in [6, 6.07) is 23.8. The van der Waals surface area contributed by atoms with E-state index in [2.05, 4.69) is 26.8 Å². The Morgan fingerprint density at radius 1 is 1.09 bits per heavy atom. The van der Waals surface area contributed by atoms with Crippen molar-refractivity contribution in [3.63, 3.8) is 0 Å². The van der Waals surface area contributed by atoms with Gasteiger partial charge in [-0.25, -0.2) is 4.98 Å². The van der Waals surface area contributed by atoms with E-state index in [1.54, 1.807) is 4.90 Å². The molecule has 1 unspecified atom stereocenters. The summed E-state index contributed by atoms with van der Waals surface area (Å²) in [5, 5.41) is 10.5. The molecule has 174 valence electrons. The second kappa shape index (κ2) is 10.4. The normalized spacial score (nSPS) is 15.3. The summed E-state index contributed by atoms with van der Waals surface area (Å²) in [5.41, 5.74) is 4.89. The molecule has 1 aromatic heterocycles. The Labute approximate surface area is 207 Å². The summed E-state index contributed by atoms with van der Waals surface area (Å²) in [6.07, 6.45) is 3.41. The minimum Gasteiger partial charge on any atom is -0.281 e. The number of pyridine rings is 1. The van der Waals surface area contributed by atoms with E-state index in [4.69, 9.17) is 4.98 Å². The SMILES string of the molecule is CC(C)(C)C1CCc2nc(SCCC(=O)N(c3ccccc3)c3ccccc3)c(C#N)cc2C1. The van der Waals surface area contributed by atoms with Crippen LogP contribution in [0, 0.1) is 22.7 Å². The summed E-state index contributed by atoms with van der Waals surface area (Å²) < 4.78 is 0. The maximum atomic E-state index is 13.3. The van der Waals surface area contributed by atoms with Crippen LogP contribution in [0.3, 0.4) is 0 Å². The highest BCUT2D eigenvalue weighted by Crippen LogP contribution is 2.38. The summed E-state index contributed by atoms with van der Waals surface area (Å²) in [5.74, 6) is 1.20. The van der Waals surface area contributed by atoms with E-state index in [-0.39, 0.29) is 11.3 Å². The predicted octanol–water partition coefficient (Wildman–Crippen LogP) is 6.95. The summed E-state index contributed by atoms with van der Waals surface area (Å²) >= 11 is 1.51. The van der Waals surface area contributed by atoms with Crippen LogP contribution in [0.25, 0.3) is 0 Å². The van der Waals surface area contributed by atoms with Crippen LogP contribution in [-0.2, 0) is 17.6 Å². The maximum Gasteiger partial charge on any atom is 0.232 e. The van der Waals surface area contributed by atoms with E-state index < -0.39 is 0 Å². The Morgan fingerprint density at radius 3 is 2.26 bits per heavy atom. The fourth-order valence-corrected chi connectivity index (χ4v) is 5.42. The summed E-state index contributed by atoms with van der Waals surface area (Å²) in [4.78, 5) is 19.9. The number of rotatable bonds is 6. The first kappa shape index (κ1) is 24.0. The molecule has 1 aliphatic rings. The number of hydrogen-bond donors (Lipinski definition) is 0. The van der Waals surface area contributed by atoms with Gasteiger partial charge in [0.25, 0.3) is 0 Å². The predicted molar refractivity (Wildman–Crippen MR) is 139 cm³/mol. The van der Waals surface area contributed by atoms with Crippen LogP contribution in [0.2, 0.25) is 0 Å². The molecule has 0 N–H and O–H groups in total. The van der Waals surface area contributed by atoms with Crippen molar-refractivity contribution in [1.29, 1.82) is 5.26 Å². The average Bonchev–Trinajstić information content (AvgIpc) is 2.84. The van der Waals surface area contributed by atoms with Crippen LogP contribution < -0.4 is 4.90 Å². The number of carbonyl (C=O) groups is 1. The molecule has 3 aromatic rings. The third-order valence-corrected chi connectivity index (χ3v) is 7.52. The van der Waals surface area contributed by atoms with Gasteiger partial charge in [-0.2, -0.15) is 5.26 Å². The van der Waals surface area contributed by atoms with Crippen LogP contribution in [-0.4, -0.2) is 16.6 Å². The van der Waals surface area contributed by atoms with Gasteiger partial charge in [0.05, 0.1) is 5.56 Å². The quantitative estimate of drug-likeness (QED) is 0.367. The van der Waals surface area contributed by atoms with Gasteiger partial charge in [0.15, 0.2) is 0 Å².